The lowest BCUT2D eigenvalue weighted by atomic mass is 9.97. The molecule has 0 spiro atoms. The van der Waals surface area contributed by atoms with Crippen molar-refractivity contribution < 1.29 is 0 Å². The molecule has 0 bridgehead atoms. The second kappa shape index (κ2) is 17.4. The lowest BCUT2D eigenvalue weighted by Gasteiger charge is -2.18. The van der Waals surface area contributed by atoms with Gasteiger partial charge in [-0.15, -0.1) is 0 Å². The predicted molar refractivity (Wildman–Crippen MR) is 293 cm³/mol. The van der Waals surface area contributed by atoms with Crippen LogP contribution in [0.3, 0.4) is 0 Å². The number of nitrogens with zero attached hydrogens (tertiary/aromatic N) is 6. The Bertz CT molecular complexity index is 4300. The van der Waals surface area contributed by atoms with Crippen LogP contribution in [0.4, 0.5) is 0 Å². The smallest absolute Gasteiger partial charge is 0.160 e. The molecule has 6 nitrogen and oxygen atoms in total. The second-order valence-electron chi connectivity index (χ2n) is 18.0. The summed E-state index contributed by atoms with van der Waals surface area (Å²) in [4.78, 5) is 10.4. The fourth-order valence-corrected chi connectivity index (χ4v) is 10.4. The summed E-state index contributed by atoms with van der Waals surface area (Å²) in [5.74, 6) is 0.658. The molecule has 0 radical (unpaired) electrons. The van der Waals surface area contributed by atoms with E-state index in [1.807, 2.05) is 72.8 Å². The molecule has 0 fully saturated rings. The largest absolute Gasteiger partial charge is 0.309 e. The van der Waals surface area contributed by atoms with Crippen molar-refractivity contribution in [3.63, 3.8) is 0 Å². The maximum atomic E-state index is 9.75. The van der Waals surface area contributed by atoms with Crippen molar-refractivity contribution in [2.24, 2.45) is 0 Å². The number of nitriles is 2. The molecular weight excluding hydrogens is 877 g/mol. The molecule has 72 heavy (non-hydrogen) atoms. The van der Waals surface area contributed by atoms with E-state index < -0.39 is 0 Å². The summed E-state index contributed by atoms with van der Waals surface area (Å²) < 4.78 is 4.75. The van der Waals surface area contributed by atoms with Gasteiger partial charge >= 0.3 is 0 Å². The van der Waals surface area contributed by atoms with Gasteiger partial charge in [0.25, 0.3) is 0 Å². The molecule has 13 aromatic rings. The summed E-state index contributed by atoms with van der Waals surface area (Å²) in [6.07, 6.45) is 0. The average Bonchev–Trinajstić information content (AvgIpc) is 3.97. The van der Waals surface area contributed by atoms with E-state index in [4.69, 9.17) is 9.97 Å². The zero-order valence-corrected chi connectivity index (χ0v) is 38.8. The van der Waals surface area contributed by atoms with Crippen LogP contribution < -0.4 is 0 Å². The minimum atomic E-state index is 0.630. The second-order valence-corrected chi connectivity index (χ2v) is 18.0. The molecule has 3 aromatic heterocycles. The van der Waals surface area contributed by atoms with Gasteiger partial charge in [0.05, 0.1) is 62.4 Å². The Morgan fingerprint density at radius 2 is 0.778 bits per heavy atom. The Labute approximate surface area is 415 Å². The van der Waals surface area contributed by atoms with Gasteiger partial charge in [0, 0.05) is 49.5 Å². The molecule has 0 aliphatic rings. The van der Waals surface area contributed by atoms with Crippen molar-refractivity contribution in [1.82, 2.24) is 19.1 Å². The Hall–Kier alpha value is -10.1. The third-order valence-corrected chi connectivity index (χ3v) is 13.8. The van der Waals surface area contributed by atoms with Gasteiger partial charge in [-0.2, -0.15) is 10.5 Å². The first-order chi connectivity index (χ1) is 35.6. The van der Waals surface area contributed by atoms with Gasteiger partial charge in [0.1, 0.15) is 0 Å². The third-order valence-electron chi connectivity index (χ3n) is 13.8. The van der Waals surface area contributed by atoms with Crippen LogP contribution in [-0.2, 0) is 0 Å². The molecule has 3 heterocycles. The van der Waals surface area contributed by atoms with Crippen molar-refractivity contribution in [3.8, 4) is 90.8 Å². The molecule has 0 N–H and O–H groups in total. The first kappa shape index (κ1) is 42.0. The van der Waals surface area contributed by atoms with E-state index in [9.17, 15) is 10.5 Å². The summed E-state index contributed by atoms with van der Waals surface area (Å²) >= 11 is 0. The maximum Gasteiger partial charge on any atom is 0.160 e. The summed E-state index contributed by atoms with van der Waals surface area (Å²) in [5.41, 5.74) is 18.4. The van der Waals surface area contributed by atoms with Crippen LogP contribution in [0.1, 0.15) is 11.1 Å². The van der Waals surface area contributed by atoms with E-state index in [0.29, 0.717) is 17.0 Å². The normalized spacial score (nSPS) is 11.3. The summed E-state index contributed by atoms with van der Waals surface area (Å²) in [7, 11) is 0. The molecule has 0 atom stereocenters. The number of hydrogen-bond acceptors (Lipinski definition) is 4. The highest BCUT2D eigenvalue weighted by Gasteiger charge is 2.21. The maximum absolute atomic E-state index is 9.75. The highest BCUT2D eigenvalue weighted by atomic mass is 15.0. The first-order valence-electron chi connectivity index (χ1n) is 23.9. The standard InChI is InChI=1S/C66H40N6/c67-41-43-14-11-20-47(34-43)49-28-31-64-57(37-49)54-24-7-9-26-61(54)71(64)53-23-13-22-51(36-53)56-39-52(60-40-59(45-16-3-1-4-17-45)69-66(70-60)46-18-5-2-6-19-46)30-33-63(56)72-62-27-10-8-25-55(62)58-38-50(29-32-65(58)72)48-21-12-15-44(35-48)42-68/h1-40H. The van der Waals surface area contributed by atoms with Gasteiger partial charge in [-0.25, -0.2) is 9.97 Å². The Morgan fingerprint density at radius 3 is 1.40 bits per heavy atom. The van der Waals surface area contributed by atoms with Gasteiger partial charge in [-0.05, 0) is 119 Å². The predicted octanol–water partition coefficient (Wildman–Crippen LogP) is 16.4. The highest BCUT2D eigenvalue weighted by molar-refractivity contribution is 6.12. The van der Waals surface area contributed by atoms with Crippen LogP contribution in [0.2, 0.25) is 0 Å². The molecule has 0 unspecified atom stereocenters. The molecule has 13 rings (SSSR count). The van der Waals surface area contributed by atoms with Crippen LogP contribution in [0.5, 0.6) is 0 Å². The van der Waals surface area contributed by atoms with E-state index in [0.717, 1.165) is 116 Å². The van der Waals surface area contributed by atoms with Crippen LogP contribution in [0.25, 0.3) is 122 Å². The SMILES string of the molecule is N#Cc1cccc(-c2ccc3c(c2)c2ccccc2n3-c2cccc(-c3cc(-c4cc(-c5ccccc5)nc(-c5ccccc5)n4)ccc3-n3c4ccccc4c4cc(-c5cccc(C#N)c5)ccc43)c2)c1. The molecule has 334 valence electrons. The fourth-order valence-electron chi connectivity index (χ4n) is 10.4. The number of aromatic nitrogens is 4. The Morgan fingerprint density at radius 1 is 0.306 bits per heavy atom. The topological polar surface area (TPSA) is 83.2 Å². The van der Waals surface area contributed by atoms with Crippen LogP contribution >= 0.6 is 0 Å². The lowest BCUT2D eigenvalue weighted by Crippen LogP contribution is -2.00. The summed E-state index contributed by atoms with van der Waals surface area (Å²) in [5, 5.41) is 24.0. The van der Waals surface area contributed by atoms with E-state index in [1.54, 1.807) is 0 Å². The summed E-state index contributed by atoms with van der Waals surface area (Å²) in [6.45, 7) is 0. The number of hydrogen-bond donors (Lipinski definition) is 0. The van der Waals surface area contributed by atoms with E-state index in [1.165, 1.54) is 0 Å². The monoisotopic (exact) mass is 916 g/mol. The molecule has 0 aliphatic heterocycles. The number of rotatable bonds is 8. The molecule has 6 heteroatoms. The van der Waals surface area contributed by atoms with Gasteiger partial charge in [-0.1, -0.05) is 152 Å². The average molecular weight is 917 g/mol. The molecule has 0 saturated carbocycles. The summed E-state index contributed by atoms with van der Waals surface area (Å²) in [6, 6.07) is 88.8. The minimum absolute atomic E-state index is 0.630. The molecule has 0 saturated heterocycles. The number of benzene rings is 10. The number of fused-ring (bicyclic) bond motifs is 6. The lowest BCUT2D eigenvalue weighted by molar-refractivity contribution is 1.16. The zero-order chi connectivity index (χ0) is 48.1. The van der Waals surface area contributed by atoms with Gasteiger partial charge < -0.3 is 9.13 Å². The molecule has 10 aromatic carbocycles. The van der Waals surface area contributed by atoms with Crippen molar-refractivity contribution in [1.29, 1.82) is 10.5 Å². The first-order valence-corrected chi connectivity index (χ1v) is 23.9. The van der Waals surface area contributed by atoms with Crippen LogP contribution in [-0.4, -0.2) is 19.1 Å². The molecular formula is C66H40N6. The van der Waals surface area contributed by atoms with Gasteiger partial charge in [0.15, 0.2) is 5.82 Å². The van der Waals surface area contributed by atoms with Crippen molar-refractivity contribution in [2.45, 2.75) is 0 Å². The highest BCUT2D eigenvalue weighted by Crippen LogP contribution is 2.42. The fraction of sp³-hybridized carbons (Fsp3) is 0. The Kier molecular flexibility index (Phi) is 10.2. The van der Waals surface area contributed by atoms with Crippen molar-refractivity contribution in [2.75, 3.05) is 0 Å². The van der Waals surface area contributed by atoms with E-state index >= 15 is 0 Å². The van der Waals surface area contributed by atoms with Gasteiger partial charge in [0.2, 0.25) is 0 Å². The van der Waals surface area contributed by atoms with Crippen molar-refractivity contribution >= 4 is 43.6 Å². The minimum Gasteiger partial charge on any atom is -0.309 e. The zero-order valence-electron chi connectivity index (χ0n) is 38.8. The number of para-hydroxylation sites is 2. The van der Waals surface area contributed by atoms with Crippen LogP contribution in [0, 0.1) is 22.7 Å². The molecule has 0 aliphatic carbocycles. The van der Waals surface area contributed by atoms with Crippen LogP contribution in [0.15, 0.2) is 243 Å². The Balaban J connectivity index is 1.04. The third kappa shape index (κ3) is 7.27. The quantitative estimate of drug-likeness (QED) is 0.152. The molecule has 0 amide bonds. The van der Waals surface area contributed by atoms with Crippen molar-refractivity contribution in [3.05, 3.63) is 254 Å². The van der Waals surface area contributed by atoms with E-state index in [-0.39, 0.29) is 0 Å². The van der Waals surface area contributed by atoms with Gasteiger partial charge in [-0.3, -0.25) is 0 Å². The van der Waals surface area contributed by atoms with E-state index in [2.05, 4.69) is 191 Å².